The number of hydrogen-bond acceptors (Lipinski definition) is 12. The normalized spacial score (nSPS) is 27.0. The van der Waals surface area contributed by atoms with Gasteiger partial charge in [0.05, 0.1) is 12.6 Å². The molecule has 5 N–H and O–H groups in total. The van der Waals surface area contributed by atoms with Crippen LogP contribution in [0.1, 0.15) is 163 Å². The zero-order chi connectivity index (χ0) is 66.7. The fraction of sp³-hybridized carbons (Fsp3) is 0.794. The number of hydrogen-bond donors (Lipinski definition) is 5. The maximum Gasteiger partial charge on any atom is 0.246 e. The van der Waals surface area contributed by atoms with Gasteiger partial charge in [0, 0.05) is 48.8 Å². The van der Waals surface area contributed by atoms with Gasteiger partial charge in [0.1, 0.15) is 60.4 Å². The fourth-order valence-corrected chi connectivity index (χ4v) is 11.0. The molecule has 13 atom stereocenters. The Morgan fingerprint density at radius 2 is 0.953 bits per heavy atom. The van der Waals surface area contributed by atoms with Crippen LogP contribution < -0.4 is 21.3 Å². The van der Waals surface area contributed by atoms with Crippen LogP contribution in [0.3, 0.4) is 0 Å². The van der Waals surface area contributed by atoms with E-state index in [1.165, 1.54) is 80.6 Å². The molecule has 0 aromatic rings. The highest BCUT2D eigenvalue weighted by atomic mass is 16.3. The van der Waals surface area contributed by atoms with Crippen molar-refractivity contribution in [1.29, 1.82) is 0 Å². The number of carbonyl (C=O) groups is 11. The molecule has 1 aliphatic rings. The maximum atomic E-state index is 15.2. The summed E-state index contributed by atoms with van der Waals surface area (Å²) in [4.78, 5) is 170. The molecule has 86 heavy (non-hydrogen) atoms. The van der Waals surface area contributed by atoms with Gasteiger partial charge in [-0.25, -0.2) is 0 Å². The fourth-order valence-electron chi connectivity index (χ4n) is 11.0. The molecule has 1 rings (SSSR count). The maximum absolute atomic E-state index is 15.2. The minimum Gasteiger partial charge on any atom is -0.390 e. The van der Waals surface area contributed by atoms with Crippen molar-refractivity contribution in [1.82, 2.24) is 55.6 Å². The smallest absolute Gasteiger partial charge is 0.246 e. The van der Waals surface area contributed by atoms with Gasteiger partial charge in [0.15, 0.2) is 0 Å². The molecule has 1 aliphatic heterocycles. The van der Waals surface area contributed by atoms with E-state index in [1.54, 1.807) is 68.4 Å². The predicted octanol–water partition coefficient (Wildman–Crippen LogP) is 3.66. The number of allylic oxidation sites excluding steroid dienone is 2. The van der Waals surface area contributed by atoms with E-state index < -0.39 is 162 Å². The van der Waals surface area contributed by atoms with Crippen molar-refractivity contribution in [2.75, 3.05) is 55.4 Å². The van der Waals surface area contributed by atoms with Crippen LogP contribution in [0.2, 0.25) is 0 Å². The Bertz CT molecular complexity index is 2350. The van der Waals surface area contributed by atoms with Crippen LogP contribution in [-0.2, 0) is 52.7 Å². The highest BCUT2D eigenvalue weighted by Gasteiger charge is 2.46. The third-order valence-corrected chi connectivity index (χ3v) is 16.7. The minimum absolute atomic E-state index is 0.0240. The monoisotopic (exact) mass is 1220 g/mol. The Hall–Kier alpha value is -6.13. The molecule has 23 heteroatoms. The van der Waals surface area contributed by atoms with Crippen molar-refractivity contribution in [2.24, 2.45) is 41.4 Å². The summed E-state index contributed by atoms with van der Waals surface area (Å²) in [6.45, 7) is 31.0. The van der Waals surface area contributed by atoms with Crippen LogP contribution in [0.25, 0.3) is 0 Å². The highest BCUT2D eigenvalue weighted by molar-refractivity contribution is 5.99. The summed E-state index contributed by atoms with van der Waals surface area (Å²) in [5.41, 5.74) is 0. The van der Waals surface area contributed by atoms with Gasteiger partial charge >= 0.3 is 0 Å². The van der Waals surface area contributed by atoms with Crippen molar-refractivity contribution in [3.05, 3.63) is 12.2 Å². The van der Waals surface area contributed by atoms with E-state index in [2.05, 4.69) is 21.3 Å². The first kappa shape index (κ1) is 77.9. The molecule has 1 saturated heterocycles. The lowest BCUT2D eigenvalue weighted by molar-refractivity contribution is -0.157. The van der Waals surface area contributed by atoms with Crippen LogP contribution in [0, 0.1) is 41.4 Å². The Morgan fingerprint density at radius 3 is 1.41 bits per heavy atom. The van der Waals surface area contributed by atoms with E-state index in [9.17, 15) is 48.3 Å². The average molecular weight is 1220 g/mol. The zero-order valence-corrected chi connectivity index (χ0v) is 56.8. The van der Waals surface area contributed by atoms with Crippen molar-refractivity contribution in [3.8, 4) is 0 Å². The molecule has 0 aliphatic carbocycles. The van der Waals surface area contributed by atoms with Crippen molar-refractivity contribution in [3.63, 3.8) is 0 Å². The minimum atomic E-state index is -1.61. The van der Waals surface area contributed by atoms with E-state index in [0.29, 0.717) is 12.8 Å². The molecule has 0 saturated carbocycles. The lowest BCUT2D eigenvalue weighted by Gasteiger charge is -2.41. The molecular weight excluding hydrogens is 1100 g/mol. The van der Waals surface area contributed by atoms with Gasteiger partial charge in [0.25, 0.3) is 0 Å². The average Bonchev–Trinajstić information content (AvgIpc) is 1.68. The van der Waals surface area contributed by atoms with E-state index in [-0.39, 0.29) is 50.0 Å². The first-order chi connectivity index (χ1) is 39.8. The van der Waals surface area contributed by atoms with Gasteiger partial charge in [0.2, 0.25) is 65.0 Å². The van der Waals surface area contributed by atoms with Crippen LogP contribution >= 0.6 is 0 Å². The lowest BCUT2D eigenvalue weighted by Crippen LogP contribution is -2.63. The quantitative estimate of drug-likeness (QED) is 0.139. The summed E-state index contributed by atoms with van der Waals surface area (Å²) in [6.07, 6.45) is 3.33. The Kier molecular flexibility index (Phi) is 32.3. The topological polar surface area (TPSA) is 279 Å². The van der Waals surface area contributed by atoms with E-state index in [0.717, 1.165) is 9.80 Å². The van der Waals surface area contributed by atoms with Crippen molar-refractivity contribution < 1.29 is 57.8 Å². The van der Waals surface area contributed by atoms with Crippen LogP contribution in [0.5, 0.6) is 0 Å². The van der Waals surface area contributed by atoms with Crippen molar-refractivity contribution >= 4 is 65.0 Å². The van der Waals surface area contributed by atoms with Gasteiger partial charge in [-0.3, -0.25) is 52.7 Å². The second-order valence-corrected chi connectivity index (χ2v) is 26.0. The van der Waals surface area contributed by atoms with Crippen LogP contribution in [-0.4, -0.2) is 226 Å². The number of rotatable bonds is 16. The summed E-state index contributed by atoms with van der Waals surface area (Å²) < 4.78 is 0. The standard InChI is InChI=1S/C63H113N11O12/c1-25-29-30-41(16)53(76)52-57(80)66-44(27-3)59(82)68(19)34-48(75)74(28-4)51(40(15)26-2)56(79)67-49(38(11)12)62(85)69(20)45(31-35(5)6)55(78)64-42(17)54(77)65-43(18)58(81)70(21)46(32-36(7)8)60(83)71(22)47(33-37(9)10)61(84)72(23)50(39(13)14)63(86)73(52)24/h25,29,35-47,49-53,76H,26-28,30-34H2,1-24H3,(H,64,78)(H,65,77)(H,66,80)(H,67,79)/b29-25+/t40?,41-,42+,43-,44?,45+,46+,47+,49+,50+,51?,52+,53-/m1/s1. The molecule has 492 valence electrons. The molecule has 23 nitrogen and oxygen atoms in total. The molecule has 3 unspecified atom stereocenters. The Balaban J connectivity index is 4.37. The second-order valence-electron chi connectivity index (χ2n) is 26.0. The van der Waals surface area contributed by atoms with E-state index >= 15 is 9.59 Å². The number of aliphatic hydroxyl groups is 1. The van der Waals surface area contributed by atoms with Gasteiger partial charge < -0.3 is 60.7 Å². The molecule has 0 bridgehead atoms. The summed E-state index contributed by atoms with van der Waals surface area (Å²) in [5.74, 6) is -9.96. The third-order valence-electron chi connectivity index (χ3n) is 16.7. The first-order valence-electron chi connectivity index (χ1n) is 31.2. The molecule has 0 aromatic carbocycles. The SMILES string of the molecule is C/C=C/C[C@@H](C)[C@@H](O)[C@H]1C(=O)NC(CC)C(=O)N(C)CC(=O)N(CC)C(C(C)CC)C(=O)N[C@@H](C(C)C)C(=O)N(C)[C@@H](CC(C)C)C(=O)N[C@@H](C)C(=O)N[C@H](C)C(=O)N(C)[C@@H](CC(C)C)C(=O)N(C)[C@@H](CC(C)C)C(=O)N(C)[C@@H](C(C)C)C(=O)N1C. The molecule has 0 radical (unpaired) electrons. The molecule has 0 spiro atoms. The predicted molar refractivity (Wildman–Crippen MR) is 333 cm³/mol. The van der Waals surface area contributed by atoms with Crippen LogP contribution in [0.15, 0.2) is 12.2 Å². The largest absolute Gasteiger partial charge is 0.390 e. The zero-order valence-electron chi connectivity index (χ0n) is 56.8. The summed E-state index contributed by atoms with van der Waals surface area (Å²) in [7, 11) is 8.53. The summed E-state index contributed by atoms with van der Waals surface area (Å²) >= 11 is 0. The number of nitrogens with zero attached hydrogens (tertiary/aromatic N) is 7. The molecule has 1 heterocycles. The Morgan fingerprint density at radius 1 is 0.500 bits per heavy atom. The number of carbonyl (C=O) groups excluding carboxylic acids is 11. The number of nitrogens with one attached hydrogen (secondary N) is 4. The molecule has 1 fully saturated rings. The summed E-state index contributed by atoms with van der Waals surface area (Å²) in [6, 6.07) is -12.3. The van der Waals surface area contributed by atoms with Gasteiger partial charge in [-0.05, 0) is 101 Å². The lowest BCUT2D eigenvalue weighted by atomic mass is 9.91. The number of aliphatic hydroxyl groups excluding tert-OH is 1. The molecule has 11 amide bonds. The molecule has 0 aromatic heterocycles. The highest BCUT2D eigenvalue weighted by Crippen LogP contribution is 2.26. The Labute approximate surface area is 515 Å². The molecular formula is C63H113N11O12. The van der Waals surface area contributed by atoms with Crippen molar-refractivity contribution in [2.45, 2.75) is 230 Å². The van der Waals surface area contributed by atoms with Gasteiger partial charge in [-0.15, -0.1) is 0 Å². The van der Waals surface area contributed by atoms with E-state index in [1.807, 2.05) is 54.5 Å². The number of likely N-dealkylation sites (N-methyl/N-ethyl adjacent to an activating group) is 7. The third kappa shape index (κ3) is 21.0. The van der Waals surface area contributed by atoms with E-state index in [4.69, 9.17) is 0 Å². The number of amides is 11. The second kappa shape index (κ2) is 35.6. The van der Waals surface area contributed by atoms with Gasteiger partial charge in [-0.1, -0.05) is 116 Å². The van der Waals surface area contributed by atoms with Gasteiger partial charge in [-0.2, -0.15) is 0 Å². The summed E-state index contributed by atoms with van der Waals surface area (Å²) in [5, 5.41) is 23.2. The van der Waals surface area contributed by atoms with Crippen LogP contribution in [0.4, 0.5) is 0 Å². The first-order valence-corrected chi connectivity index (χ1v) is 31.2.